The van der Waals surface area contributed by atoms with Gasteiger partial charge in [-0.3, -0.25) is 9.59 Å². The van der Waals surface area contributed by atoms with E-state index in [4.69, 9.17) is 14.2 Å². The molecule has 0 aliphatic carbocycles. The van der Waals surface area contributed by atoms with Crippen LogP contribution in [0.1, 0.15) is 27.9 Å². The molecule has 0 atom stereocenters. The highest BCUT2D eigenvalue weighted by Gasteiger charge is 2.15. The summed E-state index contributed by atoms with van der Waals surface area (Å²) in [5.74, 6) is 1.93. The molecule has 1 amide bonds. The second-order valence-corrected chi connectivity index (χ2v) is 10.1. The Morgan fingerprint density at radius 3 is 2.48 bits per heavy atom. The minimum absolute atomic E-state index is 0.0974. The van der Waals surface area contributed by atoms with Crippen molar-refractivity contribution in [2.45, 2.75) is 19.8 Å². The molecule has 4 aromatic carbocycles. The van der Waals surface area contributed by atoms with Crippen LogP contribution < -0.4 is 30.3 Å². The van der Waals surface area contributed by atoms with E-state index in [2.05, 4.69) is 15.6 Å². The number of carbonyl (C=O) groups is 1. The van der Waals surface area contributed by atoms with E-state index in [0.717, 1.165) is 48.7 Å². The average Bonchev–Trinajstić information content (AvgIpc) is 3.01. The molecular formula is C34H35N3O5. The summed E-state index contributed by atoms with van der Waals surface area (Å²) in [6.45, 7) is 4.19. The SMILES string of the molecule is COc1ccc(CCNCCCOc2ccc(NC(=O)c3cccc4c(=O)c5ccccc5[nH]c34)c(C)c2)cc1OC. The number of benzene rings is 4. The van der Waals surface area contributed by atoms with Crippen LogP contribution in [0.15, 0.2) is 83.7 Å². The van der Waals surface area contributed by atoms with Gasteiger partial charge in [-0.1, -0.05) is 24.3 Å². The zero-order valence-corrected chi connectivity index (χ0v) is 24.1. The number of hydrogen-bond acceptors (Lipinski definition) is 6. The number of H-pyrrole nitrogens is 1. The van der Waals surface area contributed by atoms with Gasteiger partial charge in [-0.05, 0) is 98.6 Å². The van der Waals surface area contributed by atoms with Gasteiger partial charge < -0.3 is 29.8 Å². The molecule has 0 saturated carbocycles. The third-order valence-electron chi connectivity index (χ3n) is 7.24. The van der Waals surface area contributed by atoms with Gasteiger partial charge in [0.05, 0.1) is 31.9 Å². The molecule has 0 bridgehead atoms. The minimum atomic E-state index is -0.289. The fraction of sp³-hybridized carbons (Fsp3) is 0.235. The number of rotatable bonds is 12. The Morgan fingerprint density at radius 2 is 1.67 bits per heavy atom. The number of carbonyl (C=O) groups excluding carboxylic acids is 1. The van der Waals surface area contributed by atoms with Gasteiger partial charge in [0, 0.05) is 22.0 Å². The van der Waals surface area contributed by atoms with Crippen LogP contribution in [0, 0.1) is 6.92 Å². The van der Waals surface area contributed by atoms with Gasteiger partial charge in [0.25, 0.3) is 5.91 Å². The van der Waals surface area contributed by atoms with E-state index in [1.54, 1.807) is 38.5 Å². The van der Waals surface area contributed by atoms with Gasteiger partial charge in [-0.15, -0.1) is 0 Å². The lowest BCUT2D eigenvalue weighted by molar-refractivity contribution is 0.102. The van der Waals surface area contributed by atoms with Crippen LogP contribution in [0.3, 0.4) is 0 Å². The normalized spacial score (nSPS) is 11.0. The number of ether oxygens (including phenoxy) is 3. The van der Waals surface area contributed by atoms with Crippen LogP contribution in [0.4, 0.5) is 5.69 Å². The molecule has 5 aromatic rings. The molecule has 0 radical (unpaired) electrons. The molecule has 216 valence electrons. The maximum Gasteiger partial charge on any atom is 0.257 e. The number of fused-ring (bicyclic) bond motifs is 2. The van der Waals surface area contributed by atoms with Crippen molar-refractivity contribution in [2.24, 2.45) is 0 Å². The monoisotopic (exact) mass is 565 g/mol. The number of aryl methyl sites for hydroxylation is 1. The summed E-state index contributed by atoms with van der Waals surface area (Å²) < 4.78 is 16.6. The van der Waals surface area contributed by atoms with Gasteiger partial charge in [0.15, 0.2) is 16.9 Å². The van der Waals surface area contributed by atoms with Gasteiger partial charge in [-0.25, -0.2) is 0 Å². The Hall–Kier alpha value is -4.82. The zero-order valence-electron chi connectivity index (χ0n) is 24.1. The molecule has 0 unspecified atom stereocenters. The Bertz CT molecular complexity index is 1780. The number of hydrogen-bond donors (Lipinski definition) is 3. The van der Waals surface area contributed by atoms with Crippen molar-refractivity contribution in [3.05, 3.63) is 106 Å². The standard InChI is InChI=1S/C34H35N3O5/c1-22-20-24(42-19-7-17-35-18-16-23-12-15-30(40-2)31(21-23)41-3)13-14-28(22)37-34(39)27-10-6-9-26-32(27)36-29-11-5-4-8-25(29)33(26)38/h4-6,8-15,20-21,35H,7,16-19H2,1-3H3,(H,36,38)(H,37,39). The zero-order chi connectivity index (χ0) is 29.5. The van der Waals surface area contributed by atoms with E-state index in [-0.39, 0.29) is 11.3 Å². The van der Waals surface area contributed by atoms with Gasteiger partial charge in [0.1, 0.15) is 5.75 Å². The molecular weight excluding hydrogens is 530 g/mol. The second kappa shape index (κ2) is 13.2. The first kappa shape index (κ1) is 28.7. The van der Waals surface area contributed by atoms with Crippen molar-refractivity contribution >= 4 is 33.4 Å². The molecule has 5 rings (SSSR count). The third-order valence-corrected chi connectivity index (χ3v) is 7.24. The van der Waals surface area contributed by atoms with Crippen molar-refractivity contribution in [3.63, 3.8) is 0 Å². The van der Waals surface area contributed by atoms with E-state index >= 15 is 0 Å². The van der Waals surface area contributed by atoms with Crippen molar-refractivity contribution in [1.82, 2.24) is 10.3 Å². The molecule has 0 saturated heterocycles. The number of nitrogens with one attached hydrogen (secondary N) is 3. The molecule has 42 heavy (non-hydrogen) atoms. The van der Waals surface area contributed by atoms with Crippen LogP contribution in [-0.4, -0.2) is 44.8 Å². The fourth-order valence-corrected chi connectivity index (χ4v) is 4.97. The first-order valence-corrected chi connectivity index (χ1v) is 14.0. The molecule has 0 aliphatic rings. The summed E-state index contributed by atoms with van der Waals surface area (Å²) in [7, 11) is 3.27. The average molecular weight is 566 g/mol. The van der Waals surface area contributed by atoms with Crippen molar-refractivity contribution < 1.29 is 19.0 Å². The van der Waals surface area contributed by atoms with Crippen molar-refractivity contribution in [1.29, 1.82) is 0 Å². The Morgan fingerprint density at radius 1 is 0.857 bits per heavy atom. The molecule has 8 heteroatoms. The number of pyridine rings is 1. The smallest absolute Gasteiger partial charge is 0.257 e. The summed E-state index contributed by atoms with van der Waals surface area (Å²) in [5, 5.41) is 7.52. The Kier molecular flexibility index (Phi) is 9.04. The molecule has 1 heterocycles. The molecule has 1 aromatic heterocycles. The first-order valence-electron chi connectivity index (χ1n) is 14.0. The van der Waals surface area contributed by atoms with Crippen LogP contribution in [0.2, 0.25) is 0 Å². The summed E-state index contributed by atoms with van der Waals surface area (Å²) in [4.78, 5) is 29.5. The molecule has 8 nitrogen and oxygen atoms in total. The number of aromatic nitrogens is 1. The predicted molar refractivity (Wildman–Crippen MR) is 167 cm³/mol. The van der Waals surface area contributed by atoms with E-state index in [0.29, 0.717) is 39.7 Å². The Labute approximate surface area is 244 Å². The second-order valence-electron chi connectivity index (χ2n) is 10.1. The van der Waals surface area contributed by atoms with Crippen LogP contribution in [0.5, 0.6) is 17.2 Å². The first-order chi connectivity index (χ1) is 20.5. The highest BCUT2D eigenvalue weighted by atomic mass is 16.5. The van der Waals surface area contributed by atoms with Crippen LogP contribution >= 0.6 is 0 Å². The lowest BCUT2D eigenvalue weighted by atomic mass is 10.1. The van der Waals surface area contributed by atoms with E-state index in [1.807, 2.05) is 61.5 Å². The molecule has 0 aliphatic heterocycles. The van der Waals surface area contributed by atoms with Crippen LogP contribution in [-0.2, 0) is 6.42 Å². The topological polar surface area (TPSA) is 102 Å². The van der Waals surface area contributed by atoms with Gasteiger partial charge in [0.2, 0.25) is 0 Å². The summed E-state index contributed by atoms with van der Waals surface area (Å²) >= 11 is 0. The van der Waals surface area contributed by atoms with Crippen molar-refractivity contribution in [3.8, 4) is 17.2 Å². The maximum atomic E-state index is 13.3. The predicted octanol–water partition coefficient (Wildman–Crippen LogP) is 5.86. The number of para-hydroxylation sites is 2. The Balaban J connectivity index is 1.12. The summed E-state index contributed by atoms with van der Waals surface area (Å²) in [6.07, 6.45) is 1.75. The fourth-order valence-electron chi connectivity index (χ4n) is 4.97. The van der Waals surface area contributed by atoms with E-state index in [1.165, 1.54) is 5.56 Å². The molecule has 3 N–H and O–H groups in total. The van der Waals surface area contributed by atoms with E-state index < -0.39 is 0 Å². The quantitative estimate of drug-likeness (QED) is 0.129. The minimum Gasteiger partial charge on any atom is -0.494 e. The van der Waals surface area contributed by atoms with E-state index in [9.17, 15) is 9.59 Å². The van der Waals surface area contributed by atoms with Gasteiger partial charge >= 0.3 is 0 Å². The van der Waals surface area contributed by atoms with Gasteiger partial charge in [-0.2, -0.15) is 0 Å². The van der Waals surface area contributed by atoms with Crippen LogP contribution in [0.25, 0.3) is 21.8 Å². The third kappa shape index (κ3) is 6.39. The highest BCUT2D eigenvalue weighted by molar-refractivity contribution is 6.13. The largest absolute Gasteiger partial charge is 0.494 e. The lowest BCUT2D eigenvalue weighted by Crippen LogP contribution is -2.20. The number of aromatic amines is 1. The molecule has 0 spiro atoms. The number of amides is 1. The lowest BCUT2D eigenvalue weighted by Gasteiger charge is -2.13. The maximum absolute atomic E-state index is 13.3. The summed E-state index contributed by atoms with van der Waals surface area (Å²) in [5.41, 5.74) is 4.28. The molecule has 0 fully saturated rings. The summed E-state index contributed by atoms with van der Waals surface area (Å²) in [6, 6.07) is 24.1. The number of methoxy groups -OCH3 is 2. The van der Waals surface area contributed by atoms with Crippen molar-refractivity contribution in [2.75, 3.05) is 39.2 Å². The number of anilines is 1. The highest BCUT2D eigenvalue weighted by Crippen LogP contribution is 2.28.